The highest BCUT2D eigenvalue weighted by molar-refractivity contribution is 6.30. The first-order valence-corrected chi connectivity index (χ1v) is 7.75. The fourth-order valence-electron chi connectivity index (χ4n) is 2.32. The number of carbonyl (C=O) groups is 1. The van der Waals surface area contributed by atoms with Crippen LogP contribution in [0.15, 0.2) is 54.7 Å². The predicted molar refractivity (Wildman–Crippen MR) is 93.2 cm³/mol. The number of methoxy groups -OCH3 is 1. The number of hydrogen-bond donors (Lipinski definition) is 2. The smallest absolute Gasteiger partial charge is 0.255 e. The van der Waals surface area contributed by atoms with Gasteiger partial charge in [0.15, 0.2) is 0 Å². The van der Waals surface area contributed by atoms with Gasteiger partial charge in [-0.2, -0.15) is 5.10 Å². The van der Waals surface area contributed by atoms with E-state index in [1.54, 1.807) is 19.2 Å². The number of halogens is 1. The standard InChI is InChI=1S/C18H16ClN3O2/c1-24-15-8-4-13(5-9-15)17-16(11-21-22-17)18(23)20-10-12-2-6-14(19)7-3-12/h2-9,11H,10H2,1H3,(H,20,23)(H,21,22). The van der Waals surface area contributed by atoms with Gasteiger partial charge in [0.2, 0.25) is 0 Å². The summed E-state index contributed by atoms with van der Waals surface area (Å²) in [5.41, 5.74) is 3.01. The summed E-state index contributed by atoms with van der Waals surface area (Å²) in [6.45, 7) is 0.420. The molecule has 3 rings (SSSR count). The van der Waals surface area contributed by atoms with Crippen LogP contribution in [0.4, 0.5) is 0 Å². The molecule has 0 aliphatic heterocycles. The summed E-state index contributed by atoms with van der Waals surface area (Å²) in [4.78, 5) is 12.4. The highest BCUT2D eigenvalue weighted by Gasteiger charge is 2.15. The molecule has 24 heavy (non-hydrogen) atoms. The molecule has 6 heteroatoms. The lowest BCUT2D eigenvalue weighted by atomic mass is 10.1. The highest BCUT2D eigenvalue weighted by Crippen LogP contribution is 2.23. The molecule has 0 saturated carbocycles. The molecule has 0 aliphatic rings. The van der Waals surface area contributed by atoms with Crippen molar-refractivity contribution < 1.29 is 9.53 Å². The zero-order valence-electron chi connectivity index (χ0n) is 13.0. The molecule has 0 spiro atoms. The Kier molecular flexibility index (Phi) is 4.82. The van der Waals surface area contributed by atoms with Gasteiger partial charge < -0.3 is 10.1 Å². The van der Waals surface area contributed by atoms with Crippen LogP contribution in [0.5, 0.6) is 5.75 Å². The Labute approximate surface area is 144 Å². The van der Waals surface area contributed by atoms with Gasteiger partial charge in [0.25, 0.3) is 5.91 Å². The van der Waals surface area contributed by atoms with Crippen molar-refractivity contribution in [2.45, 2.75) is 6.54 Å². The zero-order valence-corrected chi connectivity index (χ0v) is 13.8. The van der Waals surface area contributed by atoms with Crippen LogP contribution in [0, 0.1) is 0 Å². The molecule has 2 N–H and O–H groups in total. The number of nitrogens with zero attached hydrogens (tertiary/aromatic N) is 1. The summed E-state index contributed by atoms with van der Waals surface area (Å²) < 4.78 is 5.15. The van der Waals surface area contributed by atoms with E-state index in [0.717, 1.165) is 16.9 Å². The van der Waals surface area contributed by atoms with Crippen molar-refractivity contribution in [2.24, 2.45) is 0 Å². The van der Waals surface area contributed by atoms with Gasteiger partial charge in [0.05, 0.1) is 24.6 Å². The van der Waals surface area contributed by atoms with Crippen LogP contribution in [-0.2, 0) is 6.54 Å². The normalized spacial score (nSPS) is 10.4. The summed E-state index contributed by atoms with van der Waals surface area (Å²) in [7, 11) is 1.61. The largest absolute Gasteiger partial charge is 0.497 e. The molecule has 0 radical (unpaired) electrons. The summed E-state index contributed by atoms with van der Waals surface area (Å²) in [6, 6.07) is 14.8. The Hall–Kier alpha value is -2.79. The fourth-order valence-corrected chi connectivity index (χ4v) is 2.44. The molecule has 122 valence electrons. The van der Waals surface area contributed by atoms with Crippen molar-refractivity contribution in [1.29, 1.82) is 0 Å². The average Bonchev–Trinajstić information content (AvgIpc) is 3.11. The van der Waals surface area contributed by atoms with E-state index in [1.807, 2.05) is 36.4 Å². The molecule has 2 aromatic carbocycles. The van der Waals surface area contributed by atoms with Gasteiger partial charge >= 0.3 is 0 Å². The lowest BCUT2D eigenvalue weighted by Gasteiger charge is -2.07. The number of ether oxygens (including phenoxy) is 1. The van der Waals surface area contributed by atoms with E-state index in [9.17, 15) is 4.79 Å². The maximum Gasteiger partial charge on any atom is 0.255 e. The number of aromatic amines is 1. The van der Waals surface area contributed by atoms with Crippen LogP contribution >= 0.6 is 11.6 Å². The number of benzene rings is 2. The number of amides is 1. The quantitative estimate of drug-likeness (QED) is 0.744. The van der Waals surface area contributed by atoms with E-state index < -0.39 is 0 Å². The van der Waals surface area contributed by atoms with Gasteiger partial charge in [-0.3, -0.25) is 9.89 Å². The Bertz CT molecular complexity index is 826. The number of H-pyrrole nitrogens is 1. The van der Waals surface area contributed by atoms with Crippen molar-refractivity contribution in [3.8, 4) is 17.0 Å². The minimum atomic E-state index is -0.190. The molecule has 1 heterocycles. The third kappa shape index (κ3) is 3.58. The summed E-state index contributed by atoms with van der Waals surface area (Å²) in [6.07, 6.45) is 1.52. The molecule has 1 amide bonds. The second-order valence-electron chi connectivity index (χ2n) is 5.20. The van der Waals surface area contributed by atoms with Crippen LogP contribution < -0.4 is 10.1 Å². The number of nitrogens with one attached hydrogen (secondary N) is 2. The van der Waals surface area contributed by atoms with Crippen LogP contribution in [-0.4, -0.2) is 23.2 Å². The van der Waals surface area contributed by atoms with E-state index in [-0.39, 0.29) is 5.91 Å². The first kappa shape index (κ1) is 16.1. The fraction of sp³-hybridized carbons (Fsp3) is 0.111. The maximum absolute atomic E-state index is 12.4. The van der Waals surface area contributed by atoms with Crippen molar-refractivity contribution in [3.63, 3.8) is 0 Å². The molecule has 1 aromatic heterocycles. The van der Waals surface area contributed by atoms with Crippen molar-refractivity contribution in [2.75, 3.05) is 7.11 Å². The molecule has 0 fully saturated rings. The van der Waals surface area contributed by atoms with Gasteiger partial charge in [-0.1, -0.05) is 23.7 Å². The molecule has 0 saturated heterocycles. The van der Waals surface area contributed by atoms with Crippen molar-refractivity contribution in [3.05, 3.63) is 70.9 Å². The molecule has 0 unspecified atom stereocenters. The Morgan fingerprint density at radius 3 is 2.54 bits per heavy atom. The highest BCUT2D eigenvalue weighted by atomic mass is 35.5. The topological polar surface area (TPSA) is 67.0 Å². The lowest BCUT2D eigenvalue weighted by Crippen LogP contribution is -2.22. The maximum atomic E-state index is 12.4. The van der Waals surface area contributed by atoms with Crippen molar-refractivity contribution in [1.82, 2.24) is 15.5 Å². The first-order chi connectivity index (χ1) is 11.7. The van der Waals surface area contributed by atoms with Crippen LogP contribution in [0.25, 0.3) is 11.3 Å². The number of rotatable bonds is 5. The van der Waals surface area contributed by atoms with E-state index in [2.05, 4.69) is 15.5 Å². The first-order valence-electron chi connectivity index (χ1n) is 7.38. The third-order valence-electron chi connectivity index (χ3n) is 3.63. The minimum Gasteiger partial charge on any atom is -0.497 e. The van der Waals surface area contributed by atoms with Gasteiger partial charge in [-0.15, -0.1) is 0 Å². The molecular weight excluding hydrogens is 326 g/mol. The summed E-state index contributed by atoms with van der Waals surface area (Å²) >= 11 is 5.86. The van der Waals surface area contributed by atoms with E-state index in [4.69, 9.17) is 16.3 Å². The Balaban J connectivity index is 1.73. The molecular formula is C18H16ClN3O2. The van der Waals surface area contributed by atoms with Crippen LogP contribution in [0.3, 0.4) is 0 Å². The number of hydrogen-bond acceptors (Lipinski definition) is 3. The summed E-state index contributed by atoms with van der Waals surface area (Å²) in [5.74, 6) is 0.566. The molecule has 0 bridgehead atoms. The van der Waals surface area contributed by atoms with E-state index in [1.165, 1.54) is 6.20 Å². The van der Waals surface area contributed by atoms with Crippen LogP contribution in [0.1, 0.15) is 15.9 Å². The van der Waals surface area contributed by atoms with Crippen LogP contribution in [0.2, 0.25) is 5.02 Å². The monoisotopic (exact) mass is 341 g/mol. The van der Waals surface area contributed by atoms with E-state index in [0.29, 0.717) is 22.8 Å². The molecule has 3 aromatic rings. The van der Waals surface area contributed by atoms with Gasteiger partial charge in [-0.25, -0.2) is 0 Å². The molecule has 0 aliphatic carbocycles. The number of carbonyl (C=O) groups excluding carboxylic acids is 1. The second kappa shape index (κ2) is 7.19. The lowest BCUT2D eigenvalue weighted by molar-refractivity contribution is 0.0951. The Morgan fingerprint density at radius 1 is 1.17 bits per heavy atom. The average molecular weight is 342 g/mol. The molecule has 0 atom stereocenters. The van der Waals surface area contributed by atoms with Crippen molar-refractivity contribution >= 4 is 17.5 Å². The SMILES string of the molecule is COc1ccc(-c2[nH]ncc2C(=O)NCc2ccc(Cl)cc2)cc1. The molecule has 5 nitrogen and oxygen atoms in total. The minimum absolute atomic E-state index is 0.190. The number of aromatic nitrogens is 2. The van der Waals surface area contributed by atoms with Gasteiger partial charge in [0.1, 0.15) is 5.75 Å². The van der Waals surface area contributed by atoms with Gasteiger partial charge in [0, 0.05) is 17.1 Å². The van der Waals surface area contributed by atoms with E-state index >= 15 is 0 Å². The Morgan fingerprint density at radius 2 is 1.88 bits per heavy atom. The zero-order chi connectivity index (χ0) is 16.9. The van der Waals surface area contributed by atoms with Gasteiger partial charge in [-0.05, 0) is 42.0 Å². The third-order valence-corrected chi connectivity index (χ3v) is 3.88. The summed E-state index contributed by atoms with van der Waals surface area (Å²) in [5, 5.41) is 10.4. The predicted octanol–water partition coefficient (Wildman–Crippen LogP) is 3.67. The second-order valence-corrected chi connectivity index (χ2v) is 5.63.